The second-order valence-corrected chi connectivity index (χ2v) is 7.19. The largest absolute Gasteiger partial charge is 0.294 e. The van der Waals surface area contributed by atoms with Crippen LogP contribution in [0.25, 0.3) is 16.7 Å². The van der Waals surface area contributed by atoms with Crippen LogP contribution >= 0.6 is 0 Å². The molecular weight excluding hydrogens is 376 g/mol. The molecule has 0 bridgehead atoms. The number of para-hydroxylation sites is 1. The van der Waals surface area contributed by atoms with Gasteiger partial charge in [0.15, 0.2) is 11.4 Å². The Labute approximate surface area is 163 Å². The van der Waals surface area contributed by atoms with Crippen molar-refractivity contribution in [1.29, 1.82) is 0 Å². The number of rotatable bonds is 2. The predicted molar refractivity (Wildman–Crippen MR) is 103 cm³/mol. The van der Waals surface area contributed by atoms with Crippen LogP contribution < -0.4 is 5.56 Å². The molecule has 0 unspecified atom stereocenters. The molecule has 0 spiro atoms. The molecule has 144 valence electrons. The van der Waals surface area contributed by atoms with Crippen molar-refractivity contribution in [3.63, 3.8) is 0 Å². The fourth-order valence-corrected chi connectivity index (χ4v) is 4.04. The van der Waals surface area contributed by atoms with Gasteiger partial charge in [-0.05, 0) is 47.7 Å². The number of nitrogens with zero attached hydrogens (tertiary/aromatic N) is 2. The summed E-state index contributed by atoms with van der Waals surface area (Å²) >= 11 is 0. The summed E-state index contributed by atoms with van der Waals surface area (Å²) in [6, 6.07) is 12.3. The molecule has 5 rings (SSSR count). The SMILES string of the molecule is O=C1C[C@@H](c2cc(F)cc(F)c2)Cc2c1cnc1[nH]n(-c3ccccc3)c(=O)c21. The van der Waals surface area contributed by atoms with Crippen LogP contribution in [0.15, 0.2) is 59.5 Å². The van der Waals surface area contributed by atoms with Crippen molar-refractivity contribution in [3.05, 3.63) is 93.4 Å². The zero-order valence-corrected chi connectivity index (χ0v) is 15.2. The Morgan fingerprint density at radius 2 is 1.72 bits per heavy atom. The first kappa shape index (κ1) is 17.5. The van der Waals surface area contributed by atoms with Crippen molar-refractivity contribution in [2.75, 3.05) is 0 Å². The Balaban J connectivity index is 1.68. The summed E-state index contributed by atoms with van der Waals surface area (Å²) in [5, 5.41) is 3.31. The summed E-state index contributed by atoms with van der Waals surface area (Å²) in [6.07, 6.45) is 1.90. The van der Waals surface area contributed by atoms with Crippen LogP contribution in [0.5, 0.6) is 0 Å². The van der Waals surface area contributed by atoms with Crippen LogP contribution in [0.1, 0.15) is 33.8 Å². The Morgan fingerprint density at radius 3 is 2.45 bits per heavy atom. The summed E-state index contributed by atoms with van der Waals surface area (Å²) in [6.45, 7) is 0. The molecule has 0 saturated carbocycles. The van der Waals surface area contributed by atoms with E-state index in [1.165, 1.54) is 23.0 Å². The molecule has 0 fully saturated rings. The summed E-state index contributed by atoms with van der Waals surface area (Å²) in [7, 11) is 0. The predicted octanol–water partition coefficient (Wildman–Crippen LogP) is 3.90. The van der Waals surface area contributed by atoms with Crippen LogP contribution in [0.4, 0.5) is 8.78 Å². The summed E-state index contributed by atoms with van der Waals surface area (Å²) in [5.74, 6) is -1.98. The van der Waals surface area contributed by atoms with Crippen molar-refractivity contribution < 1.29 is 13.6 Å². The molecule has 0 saturated heterocycles. The van der Waals surface area contributed by atoms with Crippen molar-refractivity contribution >= 4 is 16.8 Å². The Kier molecular flexibility index (Phi) is 3.91. The second kappa shape index (κ2) is 6.48. The average molecular weight is 391 g/mol. The monoisotopic (exact) mass is 391 g/mol. The third-order valence-corrected chi connectivity index (χ3v) is 5.37. The van der Waals surface area contributed by atoms with E-state index in [1.807, 2.05) is 18.2 Å². The first-order valence-electron chi connectivity index (χ1n) is 9.18. The molecule has 0 amide bonds. The number of halogens is 2. The van der Waals surface area contributed by atoms with E-state index in [2.05, 4.69) is 10.1 Å². The van der Waals surface area contributed by atoms with E-state index in [9.17, 15) is 18.4 Å². The number of carbonyl (C=O) groups is 1. The number of carbonyl (C=O) groups excluding carboxylic acids is 1. The normalized spacial score (nSPS) is 16.2. The highest BCUT2D eigenvalue weighted by Crippen LogP contribution is 2.35. The Hall–Kier alpha value is -3.61. The standard InChI is InChI=1S/C22H15F2N3O2/c23-14-6-12(7-15(24)10-14)13-8-17-18(19(28)9-13)11-25-21-20(17)22(29)27(26-21)16-4-2-1-3-5-16/h1-7,10-11,13H,8-9H2,(H,25,26)/t13-/m0/s1. The first-order valence-corrected chi connectivity index (χ1v) is 9.18. The van der Waals surface area contributed by atoms with E-state index in [0.717, 1.165) is 6.07 Å². The molecule has 5 nitrogen and oxygen atoms in total. The average Bonchev–Trinajstić information content (AvgIpc) is 3.05. The van der Waals surface area contributed by atoms with Gasteiger partial charge in [-0.1, -0.05) is 18.2 Å². The summed E-state index contributed by atoms with van der Waals surface area (Å²) in [5.41, 5.74) is 2.07. The highest BCUT2D eigenvalue weighted by molar-refractivity contribution is 6.02. The van der Waals surface area contributed by atoms with Gasteiger partial charge in [0.05, 0.1) is 11.1 Å². The minimum atomic E-state index is -0.689. The van der Waals surface area contributed by atoms with Gasteiger partial charge in [0.25, 0.3) is 5.56 Å². The van der Waals surface area contributed by atoms with Crippen LogP contribution in [0.2, 0.25) is 0 Å². The fraction of sp³-hybridized carbons (Fsp3) is 0.136. The molecule has 7 heteroatoms. The highest BCUT2D eigenvalue weighted by atomic mass is 19.1. The van der Waals surface area contributed by atoms with Gasteiger partial charge in [0.2, 0.25) is 0 Å². The fourth-order valence-electron chi connectivity index (χ4n) is 4.04. The van der Waals surface area contributed by atoms with Crippen molar-refractivity contribution in [2.45, 2.75) is 18.8 Å². The van der Waals surface area contributed by atoms with E-state index in [1.54, 1.807) is 12.1 Å². The van der Waals surface area contributed by atoms with Gasteiger partial charge < -0.3 is 0 Å². The lowest BCUT2D eigenvalue weighted by atomic mass is 9.79. The smallest absolute Gasteiger partial charge is 0.281 e. The van der Waals surface area contributed by atoms with Crippen molar-refractivity contribution in [3.8, 4) is 5.69 Å². The van der Waals surface area contributed by atoms with Crippen molar-refractivity contribution in [1.82, 2.24) is 14.8 Å². The van der Waals surface area contributed by atoms with E-state index in [4.69, 9.17) is 0 Å². The minimum Gasteiger partial charge on any atom is -0.294 e. The molecule has 0 aliphatic heterocycles. The number of aromatic amines is 1. The number of Topliss-reactive ketones (excluding diaryl/α,β-unsaturated/α-hetero) is 1. The molecule has 1 atom stereocenters. The van der Waals surface area contributed by atoms with E-state index < -0.39 is 17.6 Å². The highest BCUT2D eigenvalue weighted by Gasteiger charge is 2.30. The zero-order chi connectivity index (χ0) is 20.1. The molecule has 4 aromatic rings. The molecular formula is C22H15F2N3O2. The van der Waals surface area contributed by atoms with Gasteiger partial charge in [0.1, 0.15) is 11.6 Å². The molecule has 2 aromatic heterocycles. The van der Waals surface area contributed by atoms with Gasteiger partial charge in [-0.3, -0.25) is 14.7 Å². The maximum atomic E-state index is 13.7. The minimum absolute atomic E-state index is 0.111. The zero-order valence-electron chi connectivity index (χ0n) is 15.2. The van der Waals surface area contributed by atoms with E-state index in [0.29, 0.717) is 39.8 Å². The molecule has 2 heterocycles. The maximum Gasteiger partial charge on any atom is 0.281 e. The van der Waals surface area contributed by atoms with Gasteiger partial charge in [-0.25, -0.2) is 18.4 Å². The summed E-state index contributed by atoms with van der Waals surface area (Å²) < 4.78 is 28.8. The number of fused-ring (bicyclic) bond motifs is 3. The van der Waals surface area contributed by atoms with Gasteiger partial charge in [-0.15, -0.1) is 0 Å². The lowest BCUT2D eigenvalue weighted by molar-refractivity contribution is 0.0964. The first-order chi connectivity index (χ1) is 14.0. The molecule has 29 heavy (non-hydrogen) atoms. The van der Waals surface area contributed by atoms with E-state index >= 15 is 0 Å². The topological polar surface area (TPSA) is 67.8 Å². The van der Waals surface area contributed by atoms with Crippen molar-refractivity contribution in [2.24, 2.45) is 0 Å². The molecule has 1 N–H and O–H groups in total. The Morgan fingerprint density at radius 1 is 1.00 bits per heavy atom. The number of ketones is 1. The third kappa shape index (κ3) is 2.86. The molecule has 1 aliphatic rings. The lowest BCUT2D eigenvalue weighted by Gasteiger charge is -2.24. The Bertz CT molecular complexity index is 1310. The number of hydrogen-bond acceptors (Lipinski definition) is 3. The van der Waals surface area contributed by atoms with E-state index in [-0.39, 0.29) is 17.8 Å². The lowest BCUT2D eigenvalue weighted by Crippen LogP contribution is -2.22. The molecule has 2 aromatic carbocycles. The molecule has 0 radical (unpaired) electrons. The van der Waals surface area contributed by atoms with Gasteiger partial charge in [-0.2, -0.15) is 0 Å². The number of aromatic nitrogens is 3. The van der Waals surface area contributed by atoms with Crippen LogP contribution in [0.3, 0.4) is 0 Å². The van der Waals surface area contributed by atoms with Crippen LogP contribution in [0, 0.1) is 11.6 Å². The van der Waals surface area contributed by atoms with Crippen LogP contribution in [-0.2, 0) is 6.42 Å². The molecule has 1 aliphatic carbocycles. The third-order valence-electron chi connectivity index (χ3n) is 5.37. The number of pyridine rings is 1. The van der Waals surface area contributed by atoms with Crippen LogP contribution in [-0.4, -0.2) is 20.5 Å². The number of hydrogen-bond donors (Lipinski definition) is 1. The van der Waals surface area contributed by atoms with Gasteiger partial charge in [0, 0.05) is 24.2 Å². The second-order valence-electron chi connectivity index (χ2n) is 7.19. The quantitative estimate of drug-likeness (QED) is 0.563. The number of H-pyrrole nitrogens is 1. The maximum absolute atomic E-state index is 13.7. The number of benzene rings is 2. The van der Waals surface area contributed by atoms with Gasteiger partial charge >= 0.3 is 0 Å². The summed E-state index contributed by atoms with van der Waals surface area (Å²) in [4.78, 5) is 30.1. The number of nitrogens with one attached hydrogen (secondary N) is 1.